The molecule has 0 radical (unpaired) electrons. The maximum absolute atomic E-state index is 10.5. The molecule has 1 saturated heterocycles. The number of carboxylic acids is 1. The van der Waals surface area contributed by atoms with Gasteiger partial charge in [-0.25, -0.2) is 4.79 Å². The zero-order chi connectivity index (χ0) is 15.4. The highest BCUT2D eigenvalue weighted by atomic mass is 35.5. The van der Waals surface area contributed by atoms with Crippen molar-refractivity contribution in [3.8, 4) is 5.75 Å². The number of rotatable bonds is 5. The third-order valence-corrected chi connectivity index (χ3v) is 3.98. The monoisotopic (exact) mass is 333 g/mol. The number of hydrogen-bond acceptors (Lipinski definition) is 4. The molecule has 1 aliphatic rings. The topological polar surface area (TPSA) is 70.0 Å². The van der Waals surface area contributed by atoms with E-state index in [2.05, 4.69) is 4.90 Å². The van der Waals surface area contributed by atoms with Crippen molar-refractivity contribution in [3.63, 3.8) is 0 Å². The van der Waals surface area contributed by atoms with Crippen molar-refractivity contribution in [2.75, 3.05) is 19.7 Å². The van der Waals surface area contributed by atoms with Crippen LogP contribution < -0.4 is 0 Å². The summed E-state index contributed by atoms with van der Waals surface area (Å²) in [5.74, 6) is -0.888. The number of piperidine rings is 1. The molecule has 0 spiro atoms. The van der Waals surface area contributed by atoms with Gasteiger partial charge in [-0.05, 0) is 25.0 Å². The average Bonchev–Trinajstić information content (AvgIpc) is 2.43. The van der Waals surface area contributed by atoms with Gasteiger partial charge in [-0.1, -0.05) is 23.2 Å². The Bertz CT molecular complexity index is 516. The Hall–Kier alpha value is -1.01. The van der Waals surface area contributed by atoms with E-state index in [0.717, 1.165) is 25.9 Å². The number of aromatic hydroxyl groups is 1. The number of nitrogens with zero attached hydrogens (tertiary/aromatic N) is 1. The van der Waals surface area contributed by atoms with Crippen LogP contribution in [0.2, 0.25) is 10.0 Å². The first kappa shape index (κ1) is 16.4. The summed E-state index contributed by atoms with van der Waals surface area (Å²) in [6.45, 7) is 1.84. The maximum Gasteiger partial charge on any atom is 0.329 e. The van der Waals surface area contributed by atoms with E-state index in [0.29, 0.717) is 17.1 Å². The number of hydrogen-bond donors (Lipinski definition) is 2. The molecule has 0 unspecified atom stereocenters. The lowest BCUT2D eigenvalue weighted by Gasteiger charge is -2.31. The van der Waals surface area contributed by atoms with Gasteiger partial charge in [-0.3, -0.25) is 4.90 Å². The largest absolute Gasteiger partial charge is 0.506 e. The van der Waals surface area contributed by atoms with Crippen molar-refractivity contribution in [3.05, 3.63) is 27.7 Å². The highest BCUT2D eigenvalue weighted by Crippen LogP contribution is 2.32. The fourth-order valence-corrected chi connectivity index (χ4v) is 2.94. The fourth-order valence-electron chi connectivity index (χ4n) is 2.40. The van der Waals surface area contributed by atoms with Gasteiger partial charge in [0.25, 0.3) is 0 Å². The predicted octanol–water partition coefficient (Wildman–Crippen LogP) is 2.76. The molecule has 0 bridgehead atoms. The van der Waals surface area contributed by atoms with Crippen LogP contribution in [0.15, 0.2) is 12.1 Å². The molecule has 21 heavy (non-hydrogen) atoms. The van der Waals surface area contributed by atoms with Crippen LogP contribution in [0.1, 0.15) is 18.4 Å². The van der Waals surface area contributed by atoms with E-state index in [9.17, 15) is 9.90 Å². The van der Waals surface area contributed by atoms with Crippen LogP contribution in [0.5, 0.6) is 5.75 Å². The van der Waals surface area contributed by atoms with Crippen LogP contribution in [0.4, 0.5) is 0 Å². The molecule has 0 atom stereocenters. The third kappa shape index (κ3) is 4.74. The predicted molar refractivity (Wildman–Crippen MR) is 80.0 cm³/mol. The van der Waals surface area contributed by atoms with E-state index in [1.165, 1.54) is 6.07 Å². The summed E-state index contributed by atoms with van der Waals surface area (Å²) in [6.07, 6.45) is 1.51. The lowest BCUT2D eigenvalue weighted by Crippen LogP contribution is -2.37. The van der Waals surface area contributed by atoms with Crippen LogP contribution in [0.3, 0.4) is 0 Å². The van der Waals surface area contributed by atoms with Gasteiger partial charge in [0.15, 0.2) is 0 Å². The summed E-state index contributed by atoms with van der Waals surface area (Å²) in [7, 11) is 0. The van der Waals surface area contributed by atoms with Gasteiger partial charge in [-0.2, -0.15) is 0 Å². The van der Waals surface area contributed by atoms with Gasteiger partial charge in [-0.15, -0.1) is 0 Å². The van der Waals surface area contributed by atoms with Crippen molar-refractivity contribution < 1.29 is 19.7 Å². The summed E-state index contributed by atoms with van der Waals surface area (Å²) in [4.78, 5) is 12.6. The van der Waals surface area contributed by atoms with Crippen LogP contribution in [0, 0.1) is 0 Å². The molecule has 2 rings (SSSR count). The lowest BCUT2D eigenvalue weighted by atomic mass is 10.1. The highest BCUT2D eigenvalue weighted by molar-refractivity contribution is 6.35. The molecule has 0 amide bonds. The first-order valence-corrected chi connectivity index (χ1v) is 7.44. The summed E-state index contributed by atoms with van der Waals surface area (Å²) in [6, 6.07) is 3.21. The van der Waals surface area contributed by atoms with Crippen molar-refractivity contribution in [2.24, 2.45) is 0 Å². The molecule has 2 N–H and O–H groups in total. The van der Waals surface area contributed by atoms with Crippen LogP contribution in [-0.4, -0.2) is 46.9 Å². The van der Waals surface area contributed by atoms with E-state index in [1.54, 1.807) is 6.07 Å². The normalized spacial score (nSPS) is 17.0. The number of halogens is 2. The number of phenolic OH excluding ortho intramolecular Hbond substituents is 1. The first-order valence-electron chi connectivity index (χ1n) is 6.68. The Balaban J connectivity index is 1.88. The molecule has 1 aromatic rings. The summed E-state index contributed by atoms with van der Waals surface area (Å²) < 4.78 is 5.29. The molecule has 0 aliphatic carbocycles. The molecule has 1 aliphatic heterocycles. The molecule has 116 valence electrons. The number of benzene rings is 1. The second-order valence-corrected chi connectivity index (χ2v) is 5.92. The number of ether oxygens (including phenoxy) is 1. The zero-order valence-electron chi connectivity index (χ0n) is 11.4. The van der Waals surface area contributed by atoms with Gasteiger partial charge in [0, 0.05) is 30.2 Å². The molecule has 5 nitrogen and oxygen atoms in total. The maximum atomic E-state index is 10.5. The van der Waals surface area contributed by atoms with E-state index in [-0.39, 0.29) is 23.5 Å². The van der Waals surface area contributed by atoms with Gasteiger partial charge < -0.3 is 14.9 Å². The molecule has 0 aromatic heterocycles. The van der Waals surface area contributed by atoms with Crippen molar-refractivity contribution in [2.45, 2.75) is 25.5 Å². The first-order chi connectivity index (χ1) is 9.95. The van der Waals surface area contributed by atoms with Gasteiger partial charge in [0.05, 0.1) is 11.1 Å². The number of likely N-dealkylation sites (tertiary alicyclic amines) is 1. The number of carbonyl (C=O) groups is 1. The standard InChI is InChI=1S/C14H17Cl2NO4/c15-10-5-9(14(20)12(16)6-10)7-17-3-1-11(2-4-17)21-8-13(18)19/h5-6,11,20H,1-4,7-8H2,(H,18,19). The third-order valence-electron chi connectivity index (χ3n) is 3.48. The lowest BCUT2D eigenvalue weighted by molar-refractivity contribution is -0.145. The van der Waals surface area contributed by atoms with Gasteiger partial charge in [0.1, 0.15) is 12.4 Å². The minimum absolute atomic E-state index is 0.0195. The molecule has 1 fully saturated rings. The van der Waals surface area contributed by atoms with E-state index in [1.807, 2.05) is 0 Å². The Labute approximate surface area is 133 Å². The molecular weight excluding hydrogens is 317 g/mol. The minimum Gasteiger partial charge on any atom is -0.506 e. The number of aliphatic carboxylic acids is 1. The summed E-state index contributed by atoms with van der Waals surface area (Å²) in [5, 5.41) is 19.3. The number of phenols is 1. The Morgan fingerprint density at radius 1 is 1.33 bits per heavy atom. The Kier molecular flexibility index (Phi) is 5.70. The van der Waals surface area contributed by atoms with Gasteiger partial charge in [0.2, 0.25) is 0 Å². The van der Waals surface area contributed by atoms with Crippen LogP contribution in [0.25, 0.3) is 0 Å². The number of carboxylic acid groups (broad SMARTS) is 1. The van der Waals surface area contributed by atoms with E-state index in [4.69, 9.17) is 33.0 Å². The van der Waals surface area contributed by atoms with E-state index >= 15 is 0 Å². The van der Waals surface area contributed by atoms with Crippen molar-refractivity contribution in [1.82, 2.24) is 4.90 Å². The SMILES string of the molecule is O=C(O)COC1CCN(Cc2cc(Cl)cc(Cl)c2O)CC1. The summed E-state index contributed by atoms with van der Waals surface area (Å²) >= 11 is 11.8. The quantitative estimate of drug-likeness (QED) is 0.866. The summed E-state index contributed by atoms with van der Waals surface area (Å²) in [5.41, 5.74) is 0.692. The molecular formula is C14H17Cl2NO4. The van der Waals surface area contributed by atoms with Crippen molar-refractivity contribution in [1.29, 1.82) is 0 Å². The molecule has 1 heterocycles. The minimum atomic E-state index is -0.948. The Morgan fingerprint density at radius 3 is 2.62 bits per heavy atom. The highest BCUT2D eigenvalue weighted by Gasteiger charge is 2.21. The second-order valence-electron chi connectivity index (χ2n) is 5.08. The molecule has 7 heteroatoms. The fraction of sp³-hybridized carbons (Fsp3) is 0.500. The Morgan fingerprint density at radius 2 is 2.00 bits per heavy atom. The molecule has 0 saturated carbocycles. The van der Waals surface area contributed by atoms with Crippen molar-refractivity contribution >= 4 is 29.2 Å². The van der Waals surface area contributed by atoms with Crippen LogP contribution in [-0.2, 0) is 16.1 Å². The van der Waals surface area contributed by atoms with Gasteiger partial charge >= 0.3 is 5.97 Å². The molecule has 1 aromatic carbocycles. The van der Waals surface area contributed by atoms with E-state index < -0.39 is 5.97 Å². The second kappa shape index (κ2) is 7.31. The average molecular weight is 334 g/mol. The zero-order valence-corrected chi connectivity index (χ0v) is 12.9. The smallest absolute Gasteiger partial charge is 0.329 e. The van der Waals surface area contributed by atoms with Crippen LogP contribution >= 0.6 is 23.2 Å².